The monoisotopic (exact) mass is 446 g/mol. The summed E-state index contributed by atoms with van der Waals surface area (Å²) >= 11 is 0. The van der Waals surface area contributed by atoms with Gasteiger partial charge in [-0.2, -0.15) is 0 Å². The van der Waals surface area contributed by atoms with Gasteiger partial charge in [-0.15, -0.1) is 0 Å². The first-order chi connectivity index (χ1) is 15.5. The molecule has 0 unspecified atom stereocenters. The highest BCUT2D eigenvalue weighted by Gasteiger charge is 2.34. The van der Waals surface area contributed by atoms with Gasteiger partial charge in [-0.1, -0.05) is 97.1 Å². The quantitative estimate of drug-likeness (QED) is 0.171. The van der Waals surface area contributed by atoms with Crippen LogP contribution in [-0.4, -0.2) is 22.6 Å². The molecule has 0 saturated heterocycles. The molecule has 0 spiro atoms. The topological polar surface area (TPSA) is 63.6 Å². The zero-order valence-corrected chi connectivity index (χ0v) is 20.8. The first-order valence-corrected chi connectivity index (χ1v) is 13.0. The predicted octanol–water partition coefficient (Wildman–Crippen LogP) is 8.58. The van der Waals surface area contributed by atoms with Crippen molar-refractivity contribution in [3.8, 4) is 0 Å². The molecule has 182 valence electrons. The standard InChI is InChI=1S/C28H46O4/c1-4-7-10-11-12-13-14-15-18-23-28(21-8-5-2,22-9-6-3)32-27(31)25-20-17-16-19-24(25)26(29)30/h16-17,19-20H,4-15,18,21-23H2,1-3H3,(H,29,30). The van der Waals surface area contributed by atoms with E-state index in [0.717, 1.165) is 57.8 Å². The summed E-state index contributed by atoms with van der Waals surface area (Å²) in [6, 6.07) is 6.38. The van der Waals surface area contributed by atoms with Gasteiger partial charge in [0, 0.05) is 0 Å². The summed E-state index contributed by atoms with van der Waals surface area (Å²) in [5, 5.41) is 9.48. The Kier molecular flexibility index (Phi) is 14.8. The van der Waals surface area contributed by atoms with Gasteiger partial charge in [-0.25, -0.2) is 9.59 Å². The van der Waals surface area contributed by atoms with Crippen LogP contribution < -0.4 is 0 Å². The van der Waals surface area contributed by atoms with E-state index in [2.05, 4.69) is 20.8 Å². The summed E-state index contributed by atoms with van der Waals surface area (Å²) in [6.45, 7) is 6.56. The molecule has 32 heavy (non-hydrogen) atoms. The number of carbonyl (C=O) groups excluding carboxylic acids is 1. The Bertz CT molecular complexity index is 645. The Hall–Kier alpha value is -1.84. The van der Waals surface area contributed by atoms with E-state index in [4.69, 9.17) is 4.74 Å². The molecule has 4 heteroatoms. The Balaban J connectivity index is 2.78. The van der Waals surface area contributed by atoms with Crippen molar-refractivity contribution in [2.45, 2.75) is 129 Å². The highest BCUT2D eigenvalue weighted by Crippen LogP contribution is 2.33. The van der Waals surface area contributed by atoms with Crippen LogP contribution in [0.1, 0.15) is 144 Å². The van der Waals surface area contributed by atoms with Crippen molar-refractivity contribution in [2.24, 2.45) is 0 Å². The number of carboxylic acid groups (broad SMARTS) is 1. The minimum absolute atomic E-state index is 0.0143. The van der Waals surface area contributed by atoms with Gasteiger partial charge in [0.1, 0.15) is 5.60 Å². The first-order valence-electron chi connectivity index (χ1n) is 13.0. The van der Waals surface area contributed by atoms with Crippen LogP contribution in [-0.2, 0) is 4.74 Å². The van der Waals surface area contributed by atoms with Gasteiger partial charge in [0.2, 0.25) is 0 Å². The molecule has 0 aliphatic carbocycles. The molecule has 1 rings (SSSR count). The Morgan fingerprint density at radius 2 is 1.12 bits per heavy atom. The lowest BCUT2D eigenvalue weighted by molar-refractivity contribution is -0.0358. The second-order valence-electron chi connectivity index (χ2n) is 9.21. The fraction of sp³-hybridized carbons (Fsp3) is 0.714. The number of rotatable bonds is 19. The number of benzene rings is 1. The van der Waals surface area contributed by atoms with Crippen molar-refractivity contribution in [3.63, 3.8) is 0 Å². The average molecular weight is 447 g/mol. The molecule has 0 bridgehead atoms. The van der Waals surface area contributed by atoms with Crippen LogP contribution in [0.2, 0.25) is 0 Å². The molecule has 1 aromatic carbocycles. The van der Waals surface area contributed by atoms with E-state index in [1.54, 1.807) is 18.2 Å². The molecule has 1 aromatic rings. The number of esters is 1. The van der Waals surface area contributed by atoms with Crippen molar-refractivity contribution >= 4 is 11.9 Å². The van der Waals surface area contributed by atoms with Gasteiger partial charge < -0.3 is 9.84 Å². The van der Waals surface area contributed by atoms with Crippen molar-refractivity contribution in [3.05, 3.63) is 35.4 Å². The molecule has 0 aliphatic heterocycles. The number of carboxylic acids is 1. The molecular formula is C28H46O4. The molecule has 0 fully saturated rings. The number of hydrogen-bond acceptors (Lipinski definition) is 3. The average Bonchev–Trinajstić information content (AvgIpc) is 2.80. The van der Waals surface area contributed by atoms with E-state index < -0.39 is 17.5 Å². The number of carbonyl (C=O) groups is 2. The lowest BCUT2D eigenvalue weighted by Crippen LogP contribution is -2.36. The van der Waals surface area contributed by atoms with Crippen molar-refractivity contribution in [2.75, 3.05) is 0 Å². The third-order valence-corrected chi connectivity index (χ3v) is 6.39. The predicted molar refractivity (Wildman–Crippen MR) is 132 cm³/mol. The van der Waals surface area contributed by atoms with Crippen LogP contribution in [0.3, 0.4) is 0 Å². The SMILES string of the molecule is CCCCCCCCCCCC(CCCC)(CCCC)OC(=O)c1ccccc1C(=O)O. The van der Waals surface area contributed by atoms with Gasteiger partial charge in [-0.3, -0.25) is 0 Å². The van der Waals surface area contributed by atoms with Crippen LogP contribution in [0.15, 0.2) is 24.3 Å². The zero-order valence-electron chi connectivity index (χ0n) is 20.8. The van der Waals surface area contributed by atoms with E-state index in [-0.39, 0.29) is 11.1 Å². The van der Waals surface area contributed by atoms with Gasteiger partial charge in [0.15, 0.2) is 0 Å². The van der Waals surface area contributed by atoms with Crippen LogP contribution in [0.25, 0.3) is 0 Å². The summed E-state index contributed by atoms with van der Waals surface area (Å²) in [4.78, 5) is 24.7. The molecule has 1 N–H and O–H groups in total. The summed E-state index contributed by atoms with van der Waals surface area (Å²) in [5.74, 6) is -1.59. The highest BCUT2D eigenvalue weighted by atomic mass is 16.6. The minimum atomic E-state index is -1.09. The van der Waals surface area contributed by atoms with E-state index in [0.29, 0.717) is 0 Å². The summed E-state index contributed by atoms with van der Waals surface area (Å²) in [5.41, 5.74) is -0.319. The van der Waals surface area contributed by atoms with Gasteiger partial charge in [0.25, 0.3) is 0 Å². The molecule has 0 radical (unpaired) electrons. The summed E-state index contributed by atoms with van der Waals surface area (Å²) < 4.78 is 6.19. The van der Waals surface area contributed by atoms with Gasteiger partial charge >= 0.3 is 11.9 Å². The van der Waals surface area contributed by atoms with Crippen molar-refractivity contribution in [1.82, 2.24) is 0 Å². The molecular weight excluding hydrogens is 400 g/mol. The molecule has 0 atom stereocenters. The fourth-order valence-electron chi connectivity index (χ4n) is 4.38. The molecule has 4 nitrogen and oxygen atoms in total. The third kappa shape index (κ3) is 10.7. The smallest absolute Gasteiger partial charge is 0.339 e. The zero-order chi connectivity index (χ0) is 23.7. The number of aromatic carboxylic acids is 1. The maximum Gasteiger partial charge on any atom is 0.339 e. The molecule has 0 saturated carbocycles. The Labute approximate surface area is 196 Å². The van der Waals surface area contributed by atoms with E-state index >= 15 is 0 Å². The van der Waals surface area contributed by atoms with Crippen LogP contribution in [0.4, 0.5) is 0 Å². The largest absolute Gasteiger partial charge is 0.478 e. The van der Waals surface area contributed by atoms with Gasteiger partial charge in [0.05, 0.1) is 11.1 Å². The Morgan fingerprint density at radius 3 is 1.62 bits per heavy atom. The van der Waals surface area contributed by atoms with E-state index in [1.807, 2.05) is 0 Å². The summed E-state index contributed by atoms with van der Waals surface area (Å²) in [6.07, 6.45) is 18.0. The second-order valence-corrected chi connectivity index (χ2v) is 9.21. The van der Waals surface area contributed by atoms with Gasteiger partial charge in [-0.05, 0) is 50.7 Å². The fourth-order valence-corrected chi connectivity index (χ4v) is 4.38. The number of hydrogen-bond donors (Lipinski definition) is 1. The Morgan fingerprint density at radius 1 is 0.688 bits per heavy atom. The molecule has 0 aliphatic rings. The van der Waals surface area contributed by atoms with E-state index in [9.17, 15) is 14.7 Å². The normalized spacial score (nSPS) is 11.5. The highest BCUT2D eigenvalue weighted by molar-refractivity contribution is 6.02. The maximum absolute atomic E-state index is 13.1. The van der Waals surface area contributed by atoms with Crippen LogP contribution >= 0.6 is 0 Å². The first kappa shape index (κ1) is 28.2. The summed E-state index contributed by atoms with van der Waals surface area (Å²) in [7, 11) is 0. The lowest BCUT2D eigenvalue weighted by Gasteiger charge is -2.34. The third-order valence-electron chi connectivity index (χ3n) is 6.39. The molecule has 0 amide bonds. The van der Waals surface area contributed by atoms with Crippen molar-refractivity contribution in [1.29, 1.82) is 0 Å². The molecule has 0 heterocycles. The number of ether oxygens (including phenoxy) is 1. The van der Waals surface area contributed by atoms with E-state index in [1.165, 1.54) is 51.0 Å². The second kappa shape index (κ2) is 16.7. The molecule has 0 aromatic heterocycles. The maximum atomic E-state index is 13.1. The minimum Gasteiger partial charge on any atom is -0.478 e. The van der Waals surface area contributed by atoms with Crippen LogP contribution in [0.5, 0.6) is 0 Å². The van der Waals surface area contributed by atoms with Crippen molar-refractivity contribution < 1.29 is 19.4 Å². The lowest BCUT2D eigenvalue weighted by atomic mass is 9.85. The van der Waals surface area contributed by atoms with Crippen LogP contribution in [0, 0.1) is 0 Å². The number of unbranched alkanes of at least 4 members (excludes halogenated alkanes) is 10.